The van der Waals surface area contributed by atoms with Crippen molar-refractivity contribution in [1.82, 2.24) is 9.62 Å². The maximum absolute atomic E-state index is 14.1. The molecule has 150 valence electrons. The van der Waals surface area contributed by atoms with E-state index < -0.39 is 39.0 Å². The van der Waals surface area contributed by atoms with Crippen molar-refractivity contribution >= 4 is 15.9 Å². The summed E-state index contributed by atoms with van der Waals surface area (Å²) in [6.07, 6.45) is 3.78. The Morgan fingerprint density at radius 2 is 1.68 bits per heavy atom. The second-order valence-corrected chi connectivity index (χ2v) is 8.79. The summed E-state index contributed by atoms with van der Waals surface area (Å²) < 4.78 is 54.3. The van der Waals surface area contributed by atoms with Crippen LogP contribution in [0.3, 0.4) is 0 Å². The molecular formula is C20H22F2N2O3S. The maximum Gasteiger partial charge on any atom is 0.246 e. The third-order valence-corrected chi connectivity index (χ3v) is 6.59. The van der Waals surface area contributed by atoms with Crippen LogP contribution in [0.4, 0.5) is 8.78 Å². The van der Waals surface area contributed by atoms with Crippen molar-refractivity contribution in [2.75, 3.05) is 6.54 Å². The van der Waals surface area contributed by atoms with E-state index in [0.29, 0.717) is 5.56 Å². The standard InChI is InChI=1S/C20H22F2N2O3S/c21-16-11-9-15(10-12-16)13-24(14-20(25)23-17-5-1-2-6-17)28(26,27)19-8-4-3-7-18(19)22/h3-4,7-12,17H,1-2,5-6,13-14H2,(H,23,25). The van der Waals surface area contributed by atoms with Gasteiger partial charge in [-0.2, -0.15) is 4.31 Å². The Balaban J connectivity index is 1.85. The van der Waals surface area contributed by atoms with E-state index in [1.165, 1.54) is 36.4 Å². The Hall–Kier alpha value is -2.32. The summed E-state index contributed by atoms with van der Waals surface area (Å²) in [5, 5.41) is 2.84. The largest absolute Gasteiger partial charge is 0.352 e. The fraction of sp³-hybridized carbons (Fsp3) is 0.350. The molecule has 0 heterocycles. The summed E-state index contributed by atoms with van der Waals surface area (Å²) >= 11 is 0. The van der Waals surface area contributed by atoms with Gasteiger partial charge in [0.1, 0.15) is 16.5 Å². The molecule has 1 aliphatic rings. The molecule has 3 rings (SSSR count). The van der Waals surface area contributed by atoms with Crippen LogP contribution < -0.4 is 5.32 Å². The zero-order valence-electron chi connectivity index (χ0n) is 15.3. The lowest BCUT2D eigenvalue weighted by Crippen LogP contribution is -2.43. The van der Waals surface area contributed by atoms with Gasteiger partial charge in [-0.1, -0.05) is 37.1 Å². The van der Waals surface area contributed by atoms with Gasteiger partial charge in [0.25, 0.3) is 0 Å². The van der Waals surface area contributed by atoms with Crippen LogP contribution >= 0.6 is 0 Å². The first-order chi connectivity index (χ1) is 13.4. The van der Waals surface area contributed by atoms with E-state index in [1.54, 1.807) is 0 Å². The molecule has 1 N–H and O–H groups in total. The van der Waals surface area contributed by atoms with Crippen molar-refractivity contribution < 1.29 is 22.0 Å². The second kappa shape index (κ2) is 8.79. The zero-order chi connectivity index (χ0) is 20.1. The summed E-state index contributed by atoms with van der Waals surface area (Å²) in [6.45, 7) is -0.612. The Kier molecular flexibility index (Phi) is 6.41. The number of sulfonamides is 1. The molecule has 1 saturated carbocycles. The van der Waals surface area contributed by atoms with E-state index in [9.17, 15) is 22.0 Å². The van der Waals surface area contributed by atoms with Crippen molar-refractivity contribution in [2.45, 2.75) is 43.2 Å². The summed E-state index contributed by atoms with van der Waals surface area (Å²) in [5.74, 6) is -1.78. The first-order valence-corrected chi connectivity index (χ1v) is 10.6. The molecule has 0 atom stereocenters. The lowest BCUT2D eigenvalue weighted by atomic mass is 10.2. The molecule has 28 heavy (non-hydrogen) atoms. The molecule has 0 spiro atoms. The molecular weight excluding hydrogens is 386 g/mol. The summed E-state index contributed by atoms with van der Waals surface area (Å²) in [4.78, 5) is 12.0. The van der Waals surface area contributed by atoms with Crippen molar-refractivity contribution in [3.05, 3.63) is 65.7 Å². The number of benzene rings is 2. The van der Waals surface area contributed by atoms with Crippen LogP contribution in [0.2, 0.25) is 0 Å². The number of amides is 1. The van der Waals surface area contributed by atoms with Gasteiger partial charge < -0.3 is 5.32 Å². The number of hydrogen-bond acceptors (Lipinski definition) is 3. The van der Waals surface area contributed by atoms with Gasteiger partial charge >= 0.3 is 0 Å². The minimum atomic E-state index is -4.26. The minimum absolute atomic E-state index is 0.0383. The van der Waals surface area contributed by atoms with Crippen molar-refractivity contribution in [3.8, 4) is 0 Å². The third-order valence-electron chi connectivity index (χ3n) is 4.77. The van der Waals surface area contributed by atoms with Gasteiger partial charge in [0.05, 0.1) is 6.54 Å². The number of carbonyl (C=O) groups excluding carboxylic acids is 1. The van der Waals surface area contributed by atoms with Crippen LogP contribution in [0.5, 0.6) is 0 Å². The highest BCUT2D eigenvalue weighted by molar-refractivity contribution is 7.89. The topological polar surface area (TPSA) is 66.5 Å². The Morgan fingerprint density at radius 3 is 2.32 bits per heavy atom. The highest BCUT2D eigenvalue weighted by Crippen LogP contribution is 2.22. The lowest BCUT2D eigenvalue weighted by Gasteiger charge is -2.23. The van der Waals surface area contributed by atoms with Gasteiger partial charge in [-0.05, 0) is 42.7 Å². The number of rotatable bonds is 7. The van der Waals surface area contributed by atoms with E-state index in [1.807, 2.05) is 0 Å². The molecule has 8 heteroatoms. The molecule has 0 aliphatic heterocycles. The number of hydrogen-bond donors (Lipinski definition) is 1. The molecule has 0 saturated heterocycles. The Morgan fingerprint density at radius 1 is 1.04 bits per heavy atom. The quantitative estimate of drug-likeness (QED) is 0.765. The molecule has 0 aromatic heterocycles. The summed E-state index contributed by atoms with van der Waals surface area (Å²) in [5.41, 5.74) is 0.495. The molecule has 2 aromatic carbocycles. The zero-order valence-corrected chi connectivity index (χ0v) is 16.1. The SMILES string of the molecule is O=C(CN(Cc1ccc(F)cc1)S(=O)(=O)c1ccccc1F)NC1CCCC1. The van der Waals surface area contributed by atoms with Gasteiger partial charge in [-0.15, -0.1) is 0 Å². The average molecular weight is 408 g/mol. The average Bonchev–Trinajstić information content (AvgIpc) is 3.16. The van der Waals surface area contributed by atoms with Crippen molar-refractivity contribution in [2.24, 2.45) is 0 Å². The Labute approximate surface area is 163 Å². The third kappa shape index (κ3) is 4.94. The first kappa shape index (κ1) is 20.4. The van der Waals surface area contributed by atoms with E-state index in [0.717, 1.165) is 42.1 Å². The number of nitrogens with one attached hydrogen (secondary N) is 1. The number of halogens is 2. The summed E-state index contributed by atoms with van der Waals surface area (Å²) in [6, 6.07) is 10.4. The van der Waals surface area contributed by atoms with E-state index in [4.69, 9.17) is 0 Å². The van der Waals surface area contributed by atoms with E-state index >= 15 is 0 Å². The van der Waals surface area contributed by atoms with Crippen LogP contribution in [0.1, 0.15) is 31.2 Å². The maximum atomic E-state index is 14.1. The smallest absolute Gasteiger partial charge is 0.246 e. The molecule has 5 nitrogen and oxygen atoms in total. The van der Waals surface area contributed by atoms with Crippen LogP contribution in [-0.2, 0) is 21.4 Å². The molecule has 0 unspecified atom stereocenters. The predicted molar refractivity (Wildman–Crippen MR) is 101 cm³/mol. The molecule has 1 aliphatic carbocycles. The van der Waals surface area contributed by atoms with E-state index in [-0.39, 0.29) is 12.6 Å². The molecule has 0 radical (unpaired) electrons. The van der Waals surface area contributed by atoms with Crippen LogP contribution in [0, 0.1) is 11.6 Å². The monoisotopic (exact) mass is 408 g/mol. The van der Waals surface area contributed by atoms with Crippen molar-refractivity contribution in [3.63, 3.8) is 0 Å². The highest BCUT2D eigenvalue weighted by Gasteiger charge is 2.30. The van der Waals surface area contributed by atoms with Gasteiger partial charge in [0.15, 0.2) is 0 Å². The number of carbonyl (C=O) groups is 1. The second-order valence-electron chi connectivity index (χ2n) is 6.88. The van der Waals surface area contributed by atoms with Gasteiger partial charge in [0.2, 0.25) is 15.9 Å². The summed E-state index contributed by atoms with van der Waals surface area (Å²) in [7, 11) is -4.26. The normalized spacial score (nSPS) is 15.1. The lowest BCUT2D eigenvalue weighted by molar-refractivity contribution is -0.122. The molecule has 2 aromatic rings. The van der Waals surface area contributed by atoms with Crippen LogP contribution in [0.25, 0.3) is 0 Å². The fourth-order valence-corrected chi connectivity index (χ4v) is 4.77. The van der Waals surface area contributed by atoms with E-state index in [2.05, 4.69) is 5.32 Å². The van der Waals surface area contributed by atoms with Crippen molar-refractivity contribution in [1.29, 1.82) is 0 Å². The minimum Gasteiger partial charge on any atom is -0.352 e. The molecule has 0 bridgehead atoms. The van der Waals surface area contributed by atoms with Crippen LogP contribution in [0.15, 0.2) is 53.4 Å². The Bertz CT molecular complexity index is 927. The fourth-order valence-electron chi connectivity index (χ4n) is 3.32. The first-order valence-electron chi connectivity index (χ1n) is 9.15. The predicted octanol–water partition coefficient (Wildman–Crippen LogP) is 3.21. The molecule has 1 amide bonds. The molecule has 1 fully saturated rings. The van der Waals surface area contributed by atoms with Gasteiger partial charge in [0, 0.05) is 12.6 Å². The van der Waals surface area contributed by atoms with Crippen LogP contribution in [-0.4, -0.2) is 31.2 Å². The van der Waals surface area contributed by atoms with Gasteiger partial charge in [-0.3, -0.25) is 4.79 Å². The highest BCUT2D eigenvalue weighted by atomic mass is 32.2. The number of nitrogens with zero attached hydrogens (tertiary/aromatic N) is 1. The van der Waals surface area contributed by atoms with Gasteiger partial charge in [-0.25, -0.2) is 17.2 Å².